The average molecular weight is 236 g/mol. The topological polar surface area (TPSA) is 83.5 Å². The molecule has 1 rings (SSSR count). The van der Waals surface area contributed by atoms with E-state index < -0.39 is 0 Å². The number of hydrogen-bond donors (Lipinski definition) is 3. The minimum absolute atomic E-state index is 0.203. The summed E-state index contributed by atoms with van der Waals surface area (Å²) in [6.45, 7) is 4.16. The van der Waals surface area contributed by atoms with Crippen molar-refractivity contribution in [1.29, 1.82) is 0 Å². The third-order valence-electron chi connectivity index (χ3n) is 2.77. The molecule has 0 aliphatic heterocycles. The summed E-state index contributed by atoms with van der Waals surface area (Å²) in [7, 11) is 0. The second-order valence-corrected chi connectivity index (χ2v) is 4.07. The molecule has 0 spiro atoms. The molecule has 0 amide bonds. The molecule has 0 bridgehead atoms. The van der Waals surface area contributed by atoms with Crippen LogP contribution in [0.5, 0.6) is 0 Å². The Hall–Kier alpha value is -1.62. The number of nitrogens with zero attached hydrogens (tertiary/aromatic N) is 2. The van der Waals surface area contributed by atoms with Crippen LogP contribution in [0.2, 0.25) is 0 Å². The van der Waals surface area contributed by atoms with Gasteiger partial charge in [-0.05, 0) is 31.0 Å². The number of nitrogens with one attached hydrogen (secondary N) is 1. The van der Waals surface area contributed by atoms with E-state index in [1.165, 1.54) is 5.56 Å². The predicted molar refractivity (Wildman–Crippen MR) is 67.9 cm³/mol. The zero-order chi connectivity index (χ0) is 12.7. The van der Waals surface area contributed by atoms with Crippen molar-refractivity contribution in [3.05, 3.63) is 30.1 Å². The van der Waals surface area contributed by atoms with Gasteiger partial charge in [-0.3, -0.25) is 4.98 Å². The van der Waals surface area contributed by atoms with Gasteiger partial charge in [-0.1, -0.05) is 12.1 Å². The molecular formula is C12H20N4O. The van der Waals surface area contributed by atoms with Crippen molar-refractivity contribution in [2.24, 2.45) is 10.9 Å². The third-order valence-corrected chi connectivity index (χ3v) is 2.77. The molecule has 5 nitrogen and oxygen atoms in total. The molecular weight excluding hydrogens is 216 g/mol. The highest BCUT2D eigenvalue weighted by molar-refractivity contribution is 5.80. The molecule has 0 saturated carbocycles. The lowest BCUT2D eigenvalue weighted by Gasteiger charge is -2.22. The van der Waals surface area contributed by atoms with Gasteiger partial charge in [0, 0.05) is 30.9 Å². The molecule has 0 saturated heterocycles. The average Bonchev–Trinajstić information content (AvgIpc) is 2.38. The van der Waals surface area contributed by atoms with Gasteiger partial charge in [-0.15, -0.1) is 0 Å². The van der Waals surface area contributed by atoms with Crippen LogP contribution < -0.4 is 11.1 Å². The maximum Gasteiger partial charge on any atom is 0.140 e. The number of rotatable bonds is 6. The molecule has 2 atom stereocenters. The van der Waals surface area contributed by atoms with Crippen LogP contribution in [0.1, 0.15) is 38.3 Å². The Bertz CT molecular complexity index is 353. The summed E-state index contributed by atoms with van der Waals surface area (Å²) in [4.78, 5) is 3.99. The Labute approximate surface area is 102 Å². The van der Waals surface area contributed by atoms with Crippen LogP contribution in [0.25, 0.3) is 0 Å². The quantitative estimate of drug-likeness (QED) is 0.303. The van der Waals surface area contributed by atoms with Gasteiger partial charge < -0.3 is 16.3 Å². The maximum absolute atomic E-state index is 8.56. The summed E-state index contributed by atoms with van der Waals surface area (Å²) in [5.74, 6) is 0.256. The number of aromatic nitrogens is 1. The van der Waals surface area contributed by atoms with Crippen LogP contribution in [0, 0.1) is 0 Å². The fraction of sp³-hybridized carbons (Fsp3) is 0.500. The molecule has 0 aromatic carbocycles. The normalized spacial score (nSPS) is 15.5. The van der Waals surface area contributed by atoms with E-state index in [0.717, 1.165) is 6.42 Å². The SMILES string of the molecule is CCC(CC(N)=NO)NC(C)c1ccncc1. The third kappa shape index (κ3) is 4.40. The van der Waals surface area contributed by atoms with Gasteiger partial charge in [0.1, 0.15) is 5.84 Å². The number of nitrogens with two attached hydrogens (primary N) is 1. The summed E-state index contributed by atoms with van der Waals surface area (Å²) in [6.07, 6.45) is 5.02. The molecule has 94 valence electrons. The Morgan fingerprint density at radius 3 is 2.71 bits per heavy atom. The largest absolute Gasteiger partial charge is 0.409 e. The van der Waals surface area contributed by atoms with Crippen molar-refractivity contribution in [2.45, 2.75) is 38.8 Å². The summed E-state index contributed by atoms with van der Waals surface area (Å²) < 4.78 is 0. The Morgan fingerprint density at radius 2 is 2.18 bits per heavy atom. The number of pyridine rings is 1. The molecule has 0 aliphatic rings. The van der Waals surface area contributed by atoms with Gasteiger partial charge in [-0.25, -0.2) is 0 Å². The van der Waals surface area contributed by atoms with E-state index in [4.69, 9.17) is 10.9 Å². The van der Waals surface area contributed by atoms with E-state index in [1.807, 2.05) is 12.1 Å². The van der Waals surface area contributed by atoms with Crippen molar-refractivity contribution in [3.8, 4) is 0 Å². The van der Waals surface area contributed by atoms with Gasteiger partial charge in [0.05, 0.1) is 0 Å². The second-order valence-electron chi connectivity index (χ2n) is 4.07. The van der Waals surface area contributed by atoms with Crippen molar-refractivity contribution in [1.82, 2.24) is 10.3 Å². The highest BCUT2D eigenvalue weighted by Crippen LogP contribution is 2.13. The van der Waals surface area contributed by atoms with Crippen molar-refractivity contribution in [2.75, 3.05) is 0 Å². The first-order valence-corrected chi connectivity index (χ1v) is 5.79. The van der Waals surface area contributed by atoms with Crippen LogP contribution in [-0.4, -0.2) is 22.1 Å². The number of amidine groups is 1. The Kier molecular flexibility index (Phi) is 5.42. The smallest absolute Gasteiger partial charge is 0.140 e. The van der Waals surface area contributed by atoms with E-state index in [0.29, 0.717) is 6.42 Å². The zero-order valence-electron chi connectivity index (χ0n) is 10.3. The minimum Gasteiger partial charge on any atom is -0.409 e. The first-order valence-electron chi connectivity index (χ1n) is 5.79. The van der Waals surface area contributed by atoms with E-state index >= 15 is 0 Å². The molecule has 1 aromatic heterocycles. The zero-order valence-corrected chi connectivity index (χ0v) is 10.3. The standard InChI is InChI=1S/C12H20N4O/c1-3-11(8-12(13)16-17)15-9(2)10-4-6-14-7-5-10/h4-7,9,11,15,17H,3,8H2,1-2H3,(H2,13,16). The lowest BCUT2D eigenvalue weighted by Crippen LogP contribution is -2.34. The molecule has 17 heavy (non-hydrogen) atoms. The number of oxime groups is 1. The van der Waals surface area contributed by atoms with Crippen LogP contribution in [0.15, 0.2) is 29.7 Å². The van der Waals surface area contributed by atoms with Crippen LogP contribution >= 0.6 is 0 Å². The lowest BCUT2D eigenvalue weighted by molar-refractivity contribution is 0.315. The van der Waals surface area contributed by atoms with Crippen molar-refractivity contribution in [3.63, 3.8) is 0 Å². The first kappa shape index (κ1) is 13.4. The van der Waals surface area contributed by atoms with Gasteiger partial charge in [0.15, 0.2) is 0 Å². The summed E-state index contributed by atoms with van der Waals surface area (Å²) in [6, 6.07) is 4.38. The monoisotopic (exact) mass is 236 g/mol. The fourth-order valence-electron chi connectivity index (χ4n) is 1.72. The van der Waals surface area contributed by atoms with Crippen LogP contribution in [-0.2, 0) is 0 Å². The van der Waals surface area contributed by atoms with Crippen molar-refractivity contribution < 1.29 is 5.21 Å². The van der Waals surface area contributed by atoms with Crippen LogP contribution in [0.4, 0.5) is 0 Å². The molecule has 5 heteroatoms. The van der Waals surface area contributed by atoms with Gasteiger partial charge in [0.2, 0.25) is 0 Å². The molecule has 0 fully saturated rings. The summed E-state index contributed by atoms with van der Waals surface area (Å²) >= 11 is 0. The van der Waals surface area contributed by atoms with E-state index in [1.54, 1.807) is 12.4 Å². The summed E-state index contributed by atoms with van der Waals surface area (Å²) in [5, 5.41) is 15.0. The first-order chi connectivity index (χ1) is 8.17. The van der Waals surface area contributed by atoms with Crippen LogP contribution in [0.3, 0.4) is 0 Å². The van der Waals surface area contributed by atoms with Gasteiger partial charge in [0.25, 0.3) is 0 Å². The predicted octanol–water partition coefficient (Wildman–Crippen LogP) is 1.65. The van der Waals surface area contributed by atoms with E-state index in [-0.39, 0.29) is 17.9 Å². The fourth-order valence-corrected chi connectivity index (χ4v) is 1.72. The Morgan fingerprint density at radius 1 is 1.53 bits per heavy atom. The molecule has 1 aromatic rings. The second kappa shape index (κ2) is 6.85. The number of hydrogen-bond acceptors (Lipinski definition) is 4. The van der Waals surface area contributed by atoms with Gasteiger partial charge in [-0.2, -0.15) is 0 Å². The highest BCUT2D eigenvalue weighted by atomic mass is 16.4. The Balaban J connectivity index is 2.57. The molecule has 2 unspecified atom stereocenters. The molecule has 0 radical (unpaired) electrons. The van der Waals surface area contributed by atoms with Crippen molar-refractivity contribution >= 4 is 5.84 Å². The minimum atomic E-state index is 0.203. The summed E-state index contributed by atoms with van der Waals surface area (Å²) in [5.41, 5.74) is 6.69. The van der Waals surface area contributed by atoms with E-state index in [2.05, 4.69) is 29.3 Å². The molecule has 4 N–H and O–H groups in total. The maximum atomic E-state index is 8.56. The molecule has 0 aliphatic carbocycles. The van der Waals surface area contributed by atoms with Gasteiger partial charge >= 0.3 is 0 Å². The lowest BCUT2D eigenvalue weighted by atomic mass is 10.1. The highest BCUT2D eigenvalue weighted by Gasteiger charge is 2.13. The van der Waals surface area contributed by atoms with E-state index in [9.17, 15) is 0 Å². The molecule has 1 heterocycles.